The zero-order valence-electron chi connectivity index (χ0n) is 14.0. The summed E-state index contributed by atoms with van der Waals surface area (Å²) in [5.74, 6) is -0.336. The maximum atomic E-state index is 12.4. The van der Waals surface area contributed by atoms with Crippen molar-refractivity contribution in [1.82, 2.24) is 20.0 Å². The molecular formula is C15H20N4O4S. The molecule has 0 aliphatic rings. The SMILES string of the molecule is COc1ccc(C)cc1S(=O)(=O)NNC(=O)Cn1nc(C)cc1C. The van der Waals surface area contributed by atoms with Gasteiger partial charge in [-0.2, -0.15) is 5.10 Å². The fourth-order valence-electron chi connectivity index (χ4n) is 2.18. The molecule has 0 saturated carbocycles. The monoisotopic (exact) mass is 352 g/mol. The van der Waals surface area contributed by atoms with Gasteiger partial charge in [0.2, 0.25) is 0 Å². The molecule has 8 nitrogen and oxygen atoms in total. The van der Waals surface area contributed by atoms with Crippen molar-refractivity contribution in [3.63, 3.8) is 0 Å². The zero-order valence-corrected chi connectivity index (χ0v) is 14.8. The minimum Gasteiger partial charge on any atom is -0.495 e. The minimum atomic E-state index is -3.95. The number of carbonyl (C=O) groups is 1. The fourth-order valence-corrected chi connectivity index (χ4v) is 3.30. The summed E-state index contributed by atoms with van der Waals surface area (Å²) in [6, 6.07) is 6.59. The largest absolute Gasteiger partial charge is 0.495 e. The molecule has 1 aromatic carbocycles. The Balaban J connectivity index is 2.09. The summed E-state index contributed by atoms with van der Waals surface area (Å²) >= 11 is 0. The Labute approximate surface area is 140 Å². The summed E-state index contributed by atoms with van der Waals surface area (Å²) < 4.78 is 31.3. The number of methoxy groups -OCH3 is 1. The van der Waals surface area contributed by atoms with Crippen LogP contribution in [0.25, 0.3) is 0 Å². The second-order valence-electron chi connectivity index (χ2n) is 5.39. The Morgan fingerprint density at radius 1 is 1.25 bits per heavy atom. The number of rotatable bonds is 6. The second-order valence-corrected chi connectivity index (χ2v) is 7.04. The average molecular weight is 352 g/mol. The minimum absolute atomic E-state index is 0.0450. The van der Waals surface area contributed by atoms with E-state index in [1.807, 2.05) is 19.9 Å². The first-order valence-electron chi connectivity index (χ1n) is 7.19. The number of amides is 1. The number of hydrazine groups is 1. The molecule has 0 saturated heterocycles. The van der Waals surface area contributed by atoms with E-state index in [2.05, 4.69) is 15.4 Å². The summed E-state index contributed by atoms with van der Waals surface area (Å²) in [6.07, 6.45) is 0. The topological polar surface area (TPSA) is 102 Å². The smallest absolute Gasteiger partial charge is 0.261 e. The van der Waals surface area contributed by atoms with Crippen LogP contribution in [0.2, 0.25) is 0 Å². The normalized spacial score (nSPS) is 11.3. The van der Waals surface area contributed by atoms with Crippen molar-refractivity contribution in [3.05, 3.63) is 41.2 Å². The Morgan fingerprint density at radius 2 is 1.96 bits per heavy atom. The van der Waals surface area contributed by atoms with Crippen LogP contribution >= 0.6 is 0 Å². The van der Waals surface area contributed by atoms with E-state index in [0.717, 1.165) is 17.0 Å². The highest BCUT2D eigenvalue weighted by Gasteiger charge is 2.20. The van der Waals surface area contributed by atoms with E-state index in [-0.39, 0.29) is 17.2 Å². The summed E-state index contributed by atoms with van der Waals surface area (Å²) in [4.78, 5) is 14.0. The standard InChI is InChI=1S/C15H20N4O4S/c1-10-5-6-13(23-4)14(7-10)24(21,22)18-16-15(20)9-19-12(3)8-11(2)17-19/h5-8,18H,9H2,1-4H3,(H,16,20). The van der Waals surface area contributed by atoms with Crippen molar-refractivity contribution in [1.29, 1.82) is 0 Å². The van der Waals surface area contributed by atoms with E-state index < -0.39 is 15.9 Å². The van der Waals surface area contributed by atoms with E-state index in [9.17, 15) is 13.2 Å². The molecule has 2 rings (SSSR count). The van der Waals surface area contributed by atoms with E-state index in [4.69, 9.17) is 4.74 Å². The molecule has 1 aromatic heterocycles. The average Bonchev–Trinajstić information content (AvgIpc) is 2.83. The lowest BCUT2D eigenvalue weighted by molar-refractivity contribution is -0.122. The Kier molecular flexibility index (Phi) is 5.25. The van der Waals surface area contributed by atoms with E-state index in [1.54, 1.807) is 19.1 Å². The predicted octanol–water partition coefficient (Wildman–Crippen LogP) is 0.827. The Hall–Kier alpha value is -2.39. The van der Waals surface area contributed by atoms with E-state index >= 15 is 0 Å². The van der Waals surface area contributed by atoms with Crippen LogP contribution in [0.15, 0.2) is 29.2 Å². The van der Waals surface area contributed by atoms with Gasteiger partial charge in [0, 0.05) is 5.69 Å². The molecule has 0 bridgehead atoms. The molecule has 2 aromatic rings. The first-order chi connectivity index (χ1) is 11.2. The van der Waals surface area contributed by atoms with Gasteiger partial charge in [-0.15, -0.1) is 4.83 Å². The van der Waals surface area contributed by atoms with Gasteiger partial charge in [-0.3, -0.25) is 14.9 Å². The Bertz CT molecular complexity index is 858. The van der Waals surface area contributed by atoms with Gasteiger partial charge in [0.15, 0.2) is 0 Å². The molecule has 2 N–H and O–H groups in total. The van der Waals surface area contributed by atoms with Crippen LogP contribution in [0.5, 0.6) is 5.75 Å². The maximum absolute atomic E-state index is 12.4. The number of benzene rings is 1. The number of nitrogens with zero attached hydrogens (tertiary/aromatic N) is 2. The lowest BCUT2D eigenvalue weighted by atomic mass is 10.2. The Morgan fingerprint density at radius 3 is 2.54 bits per heavy atom. The molecule has 130 valence electrons. The van der Waals surface area contributed by atoms with Crippen molar-refractivity contribution in [2.24, 2.45) is 0 Å². The number of hydrogen-bond acceptors (Lipinski definition) is 5. The maximum Gasteiger partial charge on any atom is 0.261 e. The third-order valence-corrected chi connectivity index (χ3v) is 4.60. The summed E-state index contributed by atoms with van der Waals surface area (Å²) in [6.45, 7) is 5.30. The van der Waals surface area contributed by atoms with Gasteiger partial charge in [-0.1, -0.05) is 6.07 Å². The highest BCUT2D eigenvalue weighted by molar-refractivity contribution is 7.89. The molecule has 0 aliphatic heterocycles. The van der Waals surface area contributed by atoms with Crippen LogP contribution in [0.1, 0.15) is 17.0 Å². The van der Waals surface area contributed by atoms with Gasteiger partial charge in [0.1, 0.15) is 17.2 Å². The third-order valence-electron chi connectivity index (χ3n) is 3.33. The number of ether oxygens (including phenoxy) is 1. The van der Waals surface area contributed by atoms with Crippen LogP contribution in [0.3, 0.4) is 0 Å². The molecule has 0 unspecified atom stereocenters. The number of aromatic nitrogens is 2. The lowest BCUT2D eigenvalue weighted by Gasteiger charge is -2.12. The number of nitrogens with one attached hydrogen (secondary N) is 2. The molecule has 0 fully saturated rings. The lowest BCUT2D eigenvalue weighted by Crippen LogP contribution is -2.43. The van der Waals surface area contributed by atoms with Gasteiger partial charge >= 0.3 is 0 Å². The van der Waals surface area contributed by atoms with Gasteiger partial charge in [0.25, 0.3) is 15.9 Å². The van der Waals surface area contributed by atoms with Gasteiger partial charge in [0.05, 0.1) is 12.8 Å². The van der Waals surface area contributed by atoms with Gasteiger partial charge in [-0.25, -0.2) is 8.42 Å². The summed E-state index contributed by atoms with van der Waals surface area (Å²) in [5.41, 5.74) is 4.53. The molecule has 1 heterocycles. The summed E-state index contributed by atoms with van der Waals surface area (Å²) in [7, 11) is -2.57. The molecule has 1 amide bonds. The number of carbonyl (C=O) groups excluding carboxylic acids is 1. The van der Waals surface area contributed by atoms with Crippen molar-refractivity contribution < 1.29 is 17.9 Å². The molecule has 24 heavy (non-hydrogen) atoms. The highest BCUT2D eigenvalue weighted by atomic mass is 32.2. The fraction of sp³-hybridized carbons (Fsp3) is 0.333. The van der Waals surface area contributed by atoms with Crippen molar-refractivity contribution >= 4 is 15.9 Å². The predicted molar refractivity (Wildman–Crippen MR) is 87.9 cm³/mol. The molecular weight excluding hydrogens is 332 g/mol. The zero-order chi connectivity index (χ0) is 17.9. The van der Waals surface area contributed by atoms with E-state index in [1.165, 1.54) is 17.9 Å². The quantitative estimate of drug-likeness (QED) is 0.750. The van der Waals surface area contributed by atoms with Crippen LogP contribution in [0.4, 0.5) is 0 Å². The van der Waals surface area contributed by atoms with Gasteiger partial charge in [-0.05, 0) is 44.5 Å². The second kappa shape index (κ2) is 7.02. The van der Waals surface area contributed by atoms with Crippen molar-refractivity contribution in [2.75, 3.05) is 7.11 Å². The number of sulfonamides is 1. The third kappa shape index (κ3) is 4.12. The molecule has 0 atom stereocenters. The molecule has 9 heteroatoms. The van der Waals surface area contributed by atoms with Crippen LogP contribution in [0, 0.1) is 20.8 Å². The summed E-state index contributed by atoms with van der Waals surface area (Å²) in [5, 5.41) is 4.15. The van der Waals surface area contributed by atoms with Crippen LogP contribution in [-0.2, 0) is 21.4 Å². The van der Waals surface area contributed by atoms with Crippen LogP contribution < -0.4 is 15.0 Å². The molecule has 0 radical (unpaired) electrons. The molecule has 0 aliphatic carbocycles. The number of aryl methyl sites for hydroxylation is 3. The number of hydrogen-bond donors (Lipinski definition) is 2. The first kappa shape index (κ1) is 18.0. The van der Waals surface area contributed by atoms with Gasteiger partial charge < -0.3 is 4.74 Å². The molecule has 0 spiro atoms. The van der Waals surface area contributed by atoms with Crippen LogP contribution in [-0.4, -0.2) is 31.2 Å². The highest BCUT2D eigenvalue weighted by Crippen LogP contribution is 2.24. The van der Waals surface area contributed by atoms with Crippen molar-refractivity contribution in [2.45, 2.75) is 32.2 Å². The van der Waals surface area contributed by atoms with E-state index in [0.29, 0.717) is 0 Å². The first-order valence-corrected chi connectivity index (χ1v) is 8.67. The van der Waals surface area contributed by atoms with Crippen molar-refractivity contribution in [3.8, 4) is 5.75 Å².